The Labute approximate surface area is 139 Å². The first kappa shape index (κ1) is 15.5. The highest BCUT2D eigenvalue weighted by Gasteiger charge is 2.04. The van der Waals surface area contributed by atoms with E-state index in [2.05, 4.69) is 29.5 Å². The lowest BCUT2D eigenvalue weighted by Crippen LogP contribution is -2.11. The topological polar surface area (TPSA) is 46.9 Å². The largest absolute Gasteiger partial charge is 0.326 e. The normalized spacial score (nSPS) is 10.7. The Morgan fingerprint density at radius 1 is 1.22 bits per heavy atom. The fourth-order valence-corrected chi connectivity index (χ4v) is 3.32. The lowest BCUT2D eigenvalue weighted by Gasteiger charge is -2.06. The second-order valence-corrected chi connectivity index (χ2v) is 6.78. The summed E-state index contributed by atoms with van der Waals surface area (Å²) >= 11 is 1.80. The van der Waals surface area contributed by atoms with Crippen LogP contribution in [0.15, 0.2) is 54.9 Å². The van der Waals surface area contributed by atoms with Gasteiger partial charge >= 0.3 is 0 Å². The van der Waals surface area contributed by atoms with Gasteiger partial charge in [0.1, 0.15) is 0 Å². The summed E-state index contributed by atoms with van der Waals surface area (Å²) in [6.07, 6.45) is 6.00. The van der Waals surface area contributed by atoms with Crippen molar-refractivity contribution in [3.8, 4) is 5.69 Å². The molecule has 0 bridgehead atoms. The van der Waals surface area contributed by atoms with Gasteiger partial charge in [-0.25, -0.2) is 4.68 Å². The number of carbonyl (C=O) groups is 1. The zero-order valence-corrected chi connectivity index (χ0v) is 13.8. The van der Waals surface area contributed by atoms with Gasteiger partial charge in [-0.1, -0.05) is 0 Å². The molecule has 2 heterocycles. The molecule has 2 aromatic heterocycles. The van der Waals surface area contributed by atoms with Crippen LogP contribution in [-0.2, 0) is 11.2 Å². The van der Waals surface area contributed by atoms with E-state index in [-0.39, 0.29) is 5.91 Å². The van der Waals surface area contributed by atoms with E-state index < -0.39 is 0 Å². The molecule has 4 nitrogen and oxygen atoms in total. The van der Waals surface area contributed by atoms with Crippen LogP contribution in [0.3, 0.4) is 0 Å². The van der Waals surface area contributed by atoms with Gasteiger partial charge in [-0.3, -0.25) is 4.79 Å². The number of nitrogens with one attached hydrogen (secondary N) is 1. The smallest absolute Gasteiger partial charge is 0.224 e. The highest BCUT2D eigenvalue weighted by molar-refractivity contribution is 7.11. The first-order valence-corrected chi connectivity index (χ1v) is 8.47. The molecular formula is C18H19N3OS. The molecule has 0 unspecified atom stereocenters. The van der Waals surface area contributed by atoms with Crippen molar-refractivity contribution in [1.82, 2.24) is 9.78 Å². The molecule has 0 aliphatic rings. The Hall–Kier alpha value is -2.40. The SMILES string of the molecule is Cc1ccc(CCCC(=O)Nc2ccc(-n3cccn3)cc2)s1. The van der Waals surface area contributed by atoms with Crippen LogP contribution in [0.1, 0.15) is 22.6 Å². The fraction of sp³-hybridized carbons (Fsp3) is 0.222. The van der Waals surface area contributed by atoms with Crippen LogP contribution in [0.4, 0.5) is 5.69 Å². The lowest BCUT2D eigenvalue weighted by molar-refractivity contribution is -0.116. The Morgan fingerprint density at radius 2 is 2.04 bits per heavy atom. The third-order valence-electron chi connectivity index (χ3n) is 3.54. The maximum Gasteiger partial charge on any atom is 0.224 e. The van der Waals surface area contributed by atoms with Crippen molar-refractivity contribution in [2.45, 2.75) is 26.2 Å². The second kappa shape index (κ2) is 7.24. The molecule has 118 valence electrons. The summed E-state index contributed by atoms with van der Waals surface area (Å²) in [6, 6.07) is 13.8. The maximum absolute atomic E-state index is 12.0. The summed E-state index contributed by atoms with van der Waals surface area (Å²) in [5, 5.41) is 7.12. The maximum atomic E-state index is 12.0. The van der Waals surface area contributed by atoms with Crippen LogP contribution >= 0.6 is 11.3 Å². The molecule has 0 aliphatic heterocycles. The predicted molar refractivity (Wildman–Crippen MR) is 94.2 cm³/mol. The Bertz CT molecular complexity index is 760. The van der Waals surface area contributed by atoms with Crippen LogP contribution in [-0.4, -0.2) is 15.7 Å². The summed E-state index contributed by atoms with van der Waals surface area (Å²) in [7, 11) is 0. The Kier molecular flexibility index (Phi) is 4.88. The van der Waals surface area contributed by atoms with Crippen LogP contribution < -0.4 is 5.32 Å². The third kappa shape index (κ3) is 4.29. The number of hydrogen-bond acceptors (Lipinski definition) is 3. The van der Waals surface area contributed by atoms with Crippen molar-refractivity contribution in [3.05, 3.63) is 64.6 Å². The standard InChI is InChI=1S/C18H19N3OS/c1-14-6-11-17(23-14)4-2-5-18(22)20-15-7-9-16(10-8-15)21-13-3-12-19-21/h3,6-13H,2,4-5H2,1H3,(H,20,22). The first-order valence-electron chi connectivity index (χ1n) is 7.66. The summed E-state index contributed by atoms with van der Waals surface area (Å²) in [5.41, 5.74) is 1.79. The summed E-state index contributed by atoms with van der Waals surface area (Å²) in [6.45, 7) is 2.10. The number of thiophene rings is 1. The fourth-order valence-electron chi connectivity index (χ4n) is 2.39. The summed E-state index contributed by atoms with van der Waals surface area (Å²) in [4.78, 5) is 14.7. The number of amides is 1. The zero-order valence-electron chi connectivity index (χ0n) is 13.0. The highest BCUT2D eigenvalue weighted by Crippen LogP contribution is 2.18. The lowest BCUT2D eigenvalue weighted by atomic mass is 10.2. The molecule has 3 rings (SSSR count). The van der Waals surface area contributed by atoms with Gasteiger partial charge in [-0.15, -0.1) is 11.3 Å². The number of hydrogen-bond donors (Lipinski definition) is 1. The summed E-state index contributed by atoms with van der Waals surface area (Å²) in [5.74, 6) is 0.0603. The van der Waals surface area contributed by atoms with Crippen LogP contribution in [0, 0.1) is 6.92 Å². The number of carbonyl (C=O) groups excluding carboxylic acids is 1. The molecule has 3 aromatic rings. The minimum Gasteiger partial charge on any atom is -0.326 e. The van der Waals surface area contributed by atoms with E-state index in [1.807, 2.05) is 36.5 Å². The van der Waals surface area contributed by atoms with Gasteiger partial charge in [-0.05, 0) is 62.2 Å². The number of nitrogens with zero attached hydrogens (tertiary/aromatic N) is 2. The first-order chi connectivity index (χ1) is 11.2. The van der Waals surface area contributed by atoms with Gasteiger partial charge in [0, 0.05) is 34.3 Å². The molecule has 0 fully saturated rings. The zero-order chi connectivity index (χ0) is 16.1. The van der Waals surface area contributed by atoms with Gasteiger partial charge in [0.15, 0.2) is 0 Å². The van der Waals surface area contributed by atoms with Gasteiger partial charge in [0.05, 0.1) is 5.69 Å². The van der Waals surface area contributed by atoms with Gasteiger partial charge in [0.2, 0.25) is 5.91 Å². The summed E-state index contributed by atoms with van der Waals surface area (Å²) < 4.78 is 1.79. The minimum absolute atomic E-state index is 0.0603. The molecule has 0 saturated heterocycles. The number of aromatic nitrogens is 2. The van der Waals surface area contributed by atoms with Crippen molar-refractivity contribution in [2.75, 3.05) is 5.32 Å². The second-order valence-electron chi connectivity index (χ2n) is 5.41. The van der Waals surface area contributed by atoms with Gasteiger partial charge in [0.25, 0.3) is 0 Å². The third-order valence-corrected chi connectivity index (χ3v) is 4.60. The average Bonchev–Trinajstić information content (AvgIpc) is 3.20. The van der Waals surface area contributed by atoms with E-state index >= 15 is 0 Å². The quantitative estimate of drug-likeness (QED) is 0.738. The van der Waals surface area contributed by atoms with Crippen LogP contribution in [0.5, 0.6) is 0 Å². The van der Waals surface area contributed by atoms with E-state index in [4.69, 9.17) is 0 Å². The van der Waals surface area contributed by atoms with E-state index in [9.17, 15) is 4.79 Å². The molecule has 0 spiro atoms. The van der Waals surface area contributed by atoms with Crippen molar-refractivity contribution in [3.63, 3.8) is 0 Å². The molecule has 0 atom stereocenters. The molecule has 0 aliphatic carbocycles. The molecule has 0 saturated carbocycles. The highest BCUT2D eigenvalue weighted by atomic mass is 32.1. The van der Waals surface area contributed by atoms with Crippen LogP contribution in [0.25, 0.3) is 5.69 Å². The van der Waals surface area contributed by atoms with E-state index in [1.54, 1.807) is 22.2 Å². The number of benzene rings is 1. The van der Waals surface area contributed by atoms with Crippen molar-refractivity contribution in [2.24, 2.45) is 0 Å². The number of rotatable bonds is 6. The molecule has 5 heteroatoms. The van der Waals surface area contributed by atoms with Gasteiger partial charge in [-0.2, -0.15) is 5.10 Å². The Balaban J connectivity index is 1.48. The molecule has 23 heavy (non-hydrogen) atoms. The average molecular weight is 325 g/mol. The molecular weight excluding hydrogens is 306 g/mol. The monoisotopic (exact) mass is 325 g/mol. The molecule has 0 radical (unpaired) electrons. The predicted octanol–water partition coefficient (Wildman–Crippen LogP) is 4.20. The van der Waals surface area contributed by atoms with Crippen molar-refractivity contribution >= 4 is 22.9 Å². The molecule has 1 N–H and O–H groups in total. The molecule has 1 amide bonds. The van der Waals surface area contributed by atoms with Crippen molar-refractivity contribution < 1.29 is 4.79 Å². The minimum atomic E-state index is 0.0603. The van der Waals surface area contributed by atoms with E-state index in [0.29, 0.717) is 6.42 Å². The van der Waals surface area contributed by atoms with Crippen LogP contribution in [0.2, 0.25) is 0 Å². The van der Waals surface area contributed by atoms with Crippen molar-refractivity contribution in [1.29, 1.82) is 0 Å². The Morgan fingerprint density at radius 3 is 2.70 bits per heavy atom. The molecule has 1 aromatic carbocycles. The van der Waals surface area contributed by atoms with Gasteiger partial charge < -0.3 is 5.32 Å². The van der Waals surface area contributed by atoms with E-state index in [1.165, 1.54) is 9.75 Å². The number of anilines is 1. The number of aryl methyl sites for hydroxylation is 2. The van der Waals surface area contributed by atoms with E-state index in [0.717, 1.165) is 24.2 Å².